The van der Waals surface area contributed by atoms with Crippen molar-refractivity contribution < 1.29 is 9.59 Å². The molecule has 156 valence electrons. The predicted molar refractivity (Wildman–Crippen MR) is 128 cm³/mol. The summed E-state index contributed by atoms with van der Waals surface area (Å²) in [6, 6.07) is 19.9. The third-order valence-corrected chi connectivity index (χ3v) is 6.53. The number of halogens is 2. The number of nitrogens with zero attached hydrogens (tertiary/aromatic N) is 1. The molecule has 4 nitrogen and oxygen atoms in total. The lowest BCUT2D eigenvalue weighted by atomic mass is 10.2. The van der Waals surface area contributed by atoms with Crippen molar-refractivity contribution in [1.29, 1.82) is 0 Å². The highest BCUT2D eigenvalue weighted by Crippen LogP contribution is 2.39. The number of nitrogens with one attached hydrogen (secondary N) is 1. The third kappa shape index (κ3) is 4.49. The molecule has 1 heterocycles. The molecule has 0 atom stereocenters. The molecule has 3 aromatic rings. The SMILES string of the molecule is Cc1cccc(NC2=C(Sc3ccc(Cl)cc3)C(=O)N(c3ccc(C)c(Cl)c3)C2=O)c1. The van der Waals surface area contributed by atoms with Crippen molar-refractivity contribution >= 4 is 58.2 Å². The van der Waals surface area contributed by atoms with Crippen molar-refractivity contribution in [3.05, 3.63) is 98.5 Å². The number of hydrogen-bond acceptors (Lipinski definition) is 4. The van der Waals surface area contributed by atoms with E-state index in [1.165, 1.54) is 11.8 Å². The molecule has 0 saturated heterocycles. The molecule has 0 saturated carbocycles. The van der Waals surface area contributed by atoms with Gasteiger partial charge in [0.15, 0.2) is 0 Å². The van der Waals surface area contributed by atoms with Crippen LogP contribution in [0.1, 0.15) is 11.1 Å². The van der Waals surface area contributed by atoms with Crippen LogP contribution in [0, 0.1) is 13.8 Å². The van der Waals surface area contributed by atoms with Crippen LogP contribution in [-0.4, -0.2) is 11.8 Å². The van der Waals surface area contributed by atoms with Crippen LogP contribution in [-0.2, 0) is 9.59 Å². The average Bonchev–Trinajstić information content (AvgIpc) is 2.96. The van der Waals surface area contributed by atoms with E-state index in [1.807, 2.05) is 50.2 Å². The lowest BCUT2D eigenvalue weighted by Crippen LogP contribution is -2.32. The van der Waals surface area contributed by atoms with E-state index >= 15 is 0 Å². The van der Waals surface area contributed by atoms with Gasteiger partial charge in [0.1, 0.15) is 10.6 Å². The smallest absolute Gasteiger partial charge is 0.283 e. The van der Waals surface area contributed by atoms with Crippen LogP contribution in [0.3, 0.4) is 0 Å². The summed E-state index contributed by atoms with van der Waals surface area (Å²) in [6.45, 7) is 3.83. The predicted octanol–water partition coefficient (Wildman–Crippen LogP) is 6.60. The van der Waals surface area contributed by atoms with Gasteiger partial charge in [-0.2, -0.15) is 0 Å². The zero-order valence-corrected chi connectivity index (χ0v) is 19.1. The van der Waals surface area contributed by atoms with Crippen molar-refractivity contribution in [2.24, 2.45) is 0 Å². The Morgan fingerprint density at radius 1 is 0.871 bits per heavy atom. The fourth-order valence-corrected chi connectivity index (χ4v) is 4.39. The lowest BCUT2D eigenvalue weighted by molar-refractivity contribution is -0.120. The normalized spacial score (nSPS) is 13.9. The highest BCUT2D eigenvalue weighted by Gasteiger charge is 2.40. The molecule has 0 aromatic heterocycles. The summed E-state index contributed by atoms with van der Waals surface area (Å²) in [5.74, 6) is -0.831. The van der Waals surface area contributed by atoms with E-state index in [1.54, 1.807) is 30.3 Å². The molecule has 0 fully saturated rings. The molecule has 4 rings (SSSR count). The van der Waals surface area contributed by atoms with Crippen molar-refractivity contribution in [3.63, 3.8) is 0 Å². The zero-order chi connectivity index (χ0) is 22.1. The number of thioether (sulfide) groups is 1. The number of rotatable bonds is 5. The van der Waals surface area contributed by atoms with Gasteiger partial charge in [-0.1, -0.05) is 53.2 Å². The quantitative estimate of drug-likeness (QED) is 0.428. The van der Waals surface area contributed by atoms with Crippen molar-refractivity contribution in [3.8, 4) is 0 Å². The zero-order valence-electron chi connectivity index (χ0n) is 16.8. The molecule has 0 unspecified atom stereocenters. The maximum Gasteiger partial charge on any atom is 0.283 e. The van der Waals surface area contributed by atoms with E-state index in [9.17, 15) is 9.59 Å². The van der Waals surface area contributed by atoms with E-state index in [0.29, 0.717) is 20.6 Å². The molecule has 1 aliphatic rings. The Morgan fingerprint density at radius 2 is 1.61 bits per heavy atom. The van der Waals surface area contributed by atoms with Crippen LogP contribution in [0.5, 0.6) is 0 Å². The molecule has 0 aliphatic carbocycles. The van der Waals surface area contributed by atoms with Crippen LogP contribution < -0.4 is 10.2 Å². The van der Waals surface area contributed by atoms with Crippen LogP contribution in [0.25, 0.3) is 0 Å². The number of aryl methyl sites for hydroxylation is 2. The van der Waals surface area contributed by atoms with Gasteiger partial charge in [-0.05, 0) is 73.5 Å². The lowest BCUT2D eigenvalue weighted by Gasteiger charge is -2.16. The monoisotopic (exact) mass is 468 g/mol. The number of benzene rings is 3. The Labute approximate surface area is 194 Å². The highest BCUT2D eigenvalue weighted by molar-refractivity contribution is 8.04. The fourth-order valence-electron chi connectivity index (χ4n) is 3.16. The van der Waals surface area contributed by atoms with Crippen molar-refractivity contribution in [2.75, 3.05) is 10.2 Å². The molecule has 1 N–H and O–H groups in total. The summed E-state index contributed by atoms with van der Waals surface area (Å²) in [5.41, 5.74) is 3.30. The summed E-state index contributed by atoms with van der Waals surface area (Å²) in [4.78, 5) is 29.0. The van der Waals surface area contributed by atoms with E-state index in [4.69, 9.17) is 23.2 Å². The summed E-state index contributed by atoms with van der Waals surface area (Å²) >= 11 is 13.5. The van der Waals surface area contributed by atoms with Gasteiger partial charge in [0.2, 0.25) is 0 Å². The van der Waals surface area contributed by atoms with Crippen LogP contribution >= 0.6 is 35.0 Å². The minimum Gasteiger partial charge on any atom is -0.350 e. The average molecular weight is 469 g/mol. The number of carbonyl (C=O) groups excluding carboxylic acids is 2. The molecule has 1 aliphatic heterocycles. The van der Waals surface area contributed by atoms with Gasteiger partial charge in [0.05, 0.1) is 5.69 Å². The molecular weight excluding hydrogens is 451 g/mol. The highest BCUT2D eigenvalue weighted by atomic mass is 35.5. The maximum atomic E-state index is 13.4. The molecule has 2 amide bonds. The van der Waals surface area contributed by atoms with Gasteiger partial charge in [-0.25, -0.2) is 4.90 Å². The Hall–Kier alpha value is -2.73. The van der Waals surface area contributed by atoms with Crippen molar-refractivity contribution in [1.82, 2.24) is 0 Å². The number of anilines is 2. The second-order valence-electron chi connectivity index (χ2n) is 7.13. The summed E-state index contributed by atoms with van der Waals surface area (Å²) < 4.78 is 0. The number of amides is 2. The third-order valence-electron chi connectivity index (χ3n) is 4.78. The molecular formula is C24H18Cl2N2O2S. The van der Waals surface area contributed by atoms with Gasteiger partial charge in [0, 0.05) is 20.6 Å². The number of carbonyl (C=O) groups is 2. The standard InChI is InChI=1S/C24H18Cl2N2O2S/c1-14-4-3-5-17(12-14)27-21-22(31-19-10-7-16(25)8-11-19)24(30)28(23(21)29)18-9-6-15(2)20(26)13-18/h3-13,27H,1-2H3. The Bertz CT molecular complexity index is 1220. The minimum absolute atomic E-state index is 0.229. The molecule has 0 spiro atoms. The van der Waals surface area contributed by atoms with Crippen LogP contribution in [0.2, 0.25) is 10.0 Å². The van der Waals surface area contributed by atoms with Gasteiger partial charge in [-0.15, -0.1) is 0 Å². The Kier molecular flexibility index (Phi) is 6.10. The minimum atomic E-state index is -0.428. The first kappa shape index (κ1) is 21.5. The number of imide groups is 1. The molecule has 0 radical (unpaired) electrons. The molecule has 3 aromatic carbocycles. The van der Waals surface area contributed by atoms with Crippen LogP contribution in [0.4, 0.5) is 11.4 Å². The van der Waals surface area contributed by atoms with E-state index in [-0.39, 0.29) is 5.70 Å². The van der Waals surface area contributed by atoms with Crippen molar-refractivity contribution in [2.45, 2.75) is 18.7 Å². The Morgan fingerprint density at radius 3 is 2.29 bits per heavy atom. The van der Waals surface area contributed by atoms with Gasteiger partial charge in [0.25, 0.3) is 11.8 Å². The summed E-state index contributed by atoms with van der Waals surface area (Å²) in [5, 5.41) is 4.25. The summed E-state index contributed by atoms with van der Waals surface area (Å²) in [7, 11) is 0. The first-order valence-electron chi connectivity index (χ1n) is 9.50. The van der Waals surface area contributed by atoms with Crippen LogP contribution in [0.15, 0.2) is 82.2 Å². The van der Waals surface area contributed by atoms with E-state index < -0.39 is 11.8 Å². The van der Waals surface area contributed by atoms with Gasteiger partial charge < -0.3 is 5.32 Å². The first-order valence-corrected chi connectivity index (χ1v) is 11.1. The molecule has 7 heteroatoms. The van der Waals surface area contributed by atoms with Gasteiger partial charge in [-0.3, -0.25) is 9.59 Å². The van der Waals surface area contributed by atoms with E-state index in [0.717, 1.165) is 26.6 Å². The van der Waals surface area contributed by atoms with Gasteiger partial charge >= 0.3 is 0 Å². The topological polar surface area (TPSA) is 49.4 Å². The second-order valence-corrected chi connectivity index (χ2v) is 9.06. The number of hydrogen-bond donors (Lipinski definition) is 1. The van der Waals surface area contributed by atoms with E-state index in [2.05, 4.69) is 5.32 Å². The first-order chi connectivity index (χ1) is 14.8. The molecule has 31 heavy (non-hydrogen) atoms. The second kappa shape index (κ2) is 8.79. The molecule has 0 bridgehead atoms. The Balaban J connectivity index is 1.75. The largest absolute Gasteiger partial charge is 0.350 e. The summed E-state index contributed by atoms with van der Waals surface area (Å²) in [6.07, 6.45) is 0. The maximum absolute atomic E-state index is 13.4. The fraction of sp³-hybridized carbons (Fsp3) is 0.0833.